The lowest BCUT2D eigenvalue weighted by atomic mass is 9.92. The predicted molar refractivity (Wildman–Crippen MR) is 95.8 cm³/mol. The van der Waals surface area contributed by atoms with Gasteiger partial charge in [-0.2, -0.15) is 4.98 Å². The number of carbonyl (C=O) groups is 1. The van der Waals surface area contributed by atoms with E-state index < -0.39 is 18.0 Å². The summed E-state index contributed by atoms with van der Waals surface area (Å²) in [5.74, 6) is -0.138. The van der Waals surface area contributed by atoms with Gasteiger partial charge in [0.15, 0.2) is 0 Å². The Morgan fingerprint density at radius 1 is 1.14 bits per heavy atom. The van der Waals surface area contributed by atoms with Crippen LogP contribution in [0, 0.1) is 0 Å². The van der Waals surface area contributed by atoms with Crippen LogP contribution in [0.3, 0.4) is 0 Å². The van der Waals surface area contributed by atoms with Crippen LogP contribution >= 0.6 is 0 Å². The molecule has 0 radical (unpaired) electrons. The number of benzene rings is 1. The summed E-state index contributed by atoms with van der Waals surface area (Å²) in [4.78, 5) is 20.5. The van der Waals surface area contributed by atoms with Crippen LogP contribution in [0.2, 0.25) is 0 Å². The normalized spacial score (nSPS) is 19.3. The highest BCUT2D eigenvalue weighted by atomic mass is 19.4. The van der Waals surface area contributed by atoms with E-state index >= 15 is 0 Å². The number of hydrogen-bond acceptors (Lipinski definition) is 6. The van der Waals surface area contributed by atoms with E-state index in [0.717, 1.165) is 12.1 Å². The van der Waals surface area contributed by atoms with Gasteiger partial charge in [-0.3, -0.25) is 9.78 Å². The van der Waals surface area contributed by atoms with Crippen molar-refractivity contribution in [2.75, 3.05) is 7.11 Å². The predicted octanol–water partition coefficient (Wildman–Crippen LogP) is 3.50. The summed E-state index contributed by atoms with van der Waals surface area (Å²) in [7, 11) is 1.49. The number of alkyl halides is 3. The molecule has 0 spiro atoms. The van der Waals surface area contributed by atoms with Gasteiger partial charge < -0.3 is 19.5 Å². The molecule has 0 bridgehead atoms. The van der Waals surface area contributed by atoms with Crippen molar-refractivity contribution < 1.29 is 32.2 Å². The molecular weight excluding hydrogens is 391 g/mol. The van der Waals surface area contributed by atoms with Gasteiger partial charge in [0, 0.05) is 11.6 Å². The molecule has 1 aromatic carbocycles. The molecule has 1 heterocycles. The lowest BCUT2D eigenvalue weighted by Gasteiger charge is -2.29. The Labute approximate surface area is 165 Å². The number of hydrogen-bond donors (Lipinski definition) is 1. The molecule has 1 fully saturated rings. The van der Waals surface area contributed by atoms with Crippen LogP contribution in [0.15, 0.2) is 36.7 Å². The lowest BCUT2D eigenvalue weighted by Crippen LogP contribution is -2.39. The van der Waals surface area contributed by atoms with Gasteiger partial charge in [0.05, 0.1) is 19.5 Å². The standard InChI is InChI=1S/C19H20F3N3O4/c1-27-16-10-23-11-17(25-16)28-14-7-5-13(6-8-14)24-18(26)12-3-2-4-15(9-12)29-19(20,21)22/h2-4,9-11,13-14H,5-8H2,1H3,(H,24,26). The van der Waals surface area contributed by atoms with E-state index in [2.05, 4.69) is 20.0 Å². The Kier molecular flexibility index (Phi) is 6.40. The third kappa shape index (κ3) is 6.23. The fourth-order valence-electron chi connectivity index (χ4n) is 3.09. The Morgan fingerprint density at radius 3 is 2.55 bits per heavy atom. The molecule has 10 heteroatoms. The molecule has 1 amide bonds. The summed E-state index contributed by atoms with van der Waals surface area (Å²) in [5.41, 5.74) is 0.108. The van der Waals surface area contributed by atoms with Crippen LogP contribution in [0.1, 0.15) is 36.0 Å². The fourth-order valence-corrected chi connectivity index (χ4v) is 3.09. The molecule has 7 nitrogen and oxygen atoms in total. The highest BCUT2D eigenvalue weighted by Gasteiger charge is 2.31. The first kappa shape index (κ1) is 20.7. The first-order valence-electron chi connectivity index (χ1n) is 9.02. The molecule has 1 N–H and O–H groups in total. The zero-order chi connectivity index (χ0) is 20.9. The highest BCUT2D eigenvalue weighted by molar-refractivity contribution is 5.94. The van der Waals surface area contributed by atoms with E-state index in [1.165, 1.54) is 31.6 Å². The monoisotopic (exact) mass is 411 g/mol. The molecule has 3 rings (SSSR count). The minimum Gasteiger partial charge on any atom is -0.480 e. The smallest absolute Gasteiger partial charge is 0.480 e. The van der Waals surface area contributed by atoms with E-state index in [1.54, 1.807) is 0 Å². The molecule has 0 atom stereocenters. The van der Waals surface area contributed by atoms with Crippen molar-refractivity contribution in [3.63, 3.8) is 0 Å². The molecule has 1 aliphatic carbocycles. The number of rotatable bonds is 6. The summed E-state index contributed by atoms with van der Waals surface area (Å²) < 4.78 is 51.7. The third-order valence-corrected chi connectivity index (χ3v) is 4.43. The van der Waals surface area contributed by atoms with Crippen molar-refractivity contribution in [2.24, 2.45) is 0 Å². The summed E-state index contributed by atoms with van der Waals surface area (Å²) in [6.07, 6.45) is 0.857. The number of halogens is 3. The molecule has 29 heavy (non-hydrogen) atoms. The molecule has 1 saturated carbocycles. The van der Waals surface area contributed by atoms with E-state index in [0.29, 0.717) is 37.4 Å². The second-order valence-corrected chi connectivity index (χ2v) is 6.54. The summed E-state index contributed by atoms with van der Waals surface area (Å²) in [6.45, 7) is 0. The summed E-state index contributed by atoms with van der Waals surface area (Å²) in [6, 6.07) is 4.91. The molecular formula is C19H20F3N3O4. The molecule has 0 unspecified atom stereocenters. The van der Waals surface area contributed by atoms with E-state index in [1.807, 2.05) is 0 Å². The van der Waals surface area contributed by atoms with Gasteiger partial charge in [-0.1, -0.05) is 6.07 Å². The van der Waals surface area contributed by atoms with Gasteiger partial charge in [0.25, 0.3) is 5.91 Å². The van der Waals surface area contributed by atoms with E-state index in [-0.39, 0.29) is 17.7 Å². The maximum absolute atomic E-state index is 12.4. The van der Waals surface area contributed by atoms with Gasteiger partial charge >= 0.3 is 6.36 Å². The topological polar surface area (TPSA) is 82.6 Å². The molecule has 1 aliphatic rings. The van der Waals surface area contributed by atoms with Crippen molar-refractivity contribution in [1.82, 2.24) is 15.3 Å². The van der Waals surface area contributed by atoms with Crippen LogP contribution < -0.4 is 19.5 Å². The Bertz CT molecular complexity index is 839. The third-order valence-electron chi connectivity index (χ3n) is 4.43. The average Bonchev–Trinajstić information content (AvgIpc) is 2.68. The van der Waals surface area contributed by atoms with Gasteiger partial charge in [-0.05, 0) is 43.9 Å². The van der Waals surface area contributed by atoms with Crippen LogP contribution in [0.5, 0.6) is 17.5 Å². The number of nitrogens with zero attached hydrogens (tertiary/aromatic N) is 2. The lowest BCUT2D eigenvalue weighted by molar-refractivity contribution is -0.274. The number of methoxy groups -OCH3 is 1. The van der Waals surface area contributed by atoms with Crippen molar-refractivity contribution in [3.05, 3.63) is 42.2 Å². The first-order chi connectivity index (χ1) is 13.8. The second-order valence-electron chi connectivity index (χ2n) is 6.54. The number of nitrogens with one attached hydrogen (secondary N) is 1. The Morgan fingerprint density at radius 2 is 1.86 bits per heavy atom. The maximum atomic E-state index is 12.4. The van der Waals surface area contributed by atoms with Gasteiger partial charge in [0.2, 0.25) is 11.8 Å². The van der Waals surface area contributed by atoms with Gasteiger partial charge in [0.1, 0.15) is 11.9 Å². The summed E-state index contributed by atoms with van der Waals surface area (Å²) >= 11 is 0. The minimum absolute atomic E-state index is 0.0620. The molecule has 156 valence electrons. The van der Waals surface area contributed by atoms with Crippen LogP contribution in [-0.2, 0) is 0 Å². The number of aromatic nitrogens is 2. The van der Waals surface area contributed by atoms with Crippen molar-refractivity contribution in [2.45, 2.75) is 44.2 Å². The maximum Gasteiger partial charge on any atom is 0.573 e. The first-order valence-corrected chi connectivity index (χ1v) is 9.02. The van der Waals surface area contributed by atoms with Crippen molar-refractivity contribution >= 4 is 5.91 Å². The number of carbonyl (C=O) groups excluding carboxylic acids is 1. The van der Waals surface area contributed by atoms with Crippen LogP contribution in [0.25, 0.3) is 0 Å². The minimum atomic E-state index is -4.80. The van der Waals surface area contributed by atoms with Crippen molar-refractivity contribution in [3.8, 4) is 17.5 Å². The van der Waals surface area contributed by atoms with E-state index in [9.17, 15) is 18.0 Å². The van der Waals surface area contributed by atoms with Crippen molar-refractivity contribution in [1.29, 1.82) is 0 Å². The molecule has 1 aromatic heterocycles. The fraction of sp³-hybridized carbons (Fsp3) is 0.421. The largest absolute Gasteiger partial charge is 0.573 e. The second kappa shape index (κ2) is 8.97. The zero-order valence-corrected chi connectivity index (χ0v) is 15.6. The quantitative estimate of drug-likeness (QED) is 0.784. The Hall–Kier alpha value is -3.04. The molecule has 0 saturated heterocycles. The van der Waals surface area contributed by atoms with Crippen LogP contribution in [0.4, 0.5) is 13.2 Å². The molecule has 2 aromatic rings. The van der Waals surface area contributed by atoms with E-state index in [4.69, 9.17) is 9.47 Å². The number of ether oxygens (including phenoxy) is 3. The molecule has 0 aliphatic heterocycles. The Balaban J connectivity index is 1.50. The SMILES string of the molecule is COc1cncc(OC2CCC(NC(=O)c3cccc(OC(F)(F)F)c3)CC2)n1. The average molecular weight is 411 g/mol. The zero-order valence-electron chi connectivity index (χ0n) is 15.6. The number of amides is 1. The highest BCUT2D eigenvalue weighted by Crippen LogP contribution is 2.25. The van der Waals surface area contributed by atoms with Gasteiger partial charge in [-0.15, -0.1) is 13.2 Å². The van der Waals surface area contributed by atoms with Gasteiger partial charge in [-0.25, -0.2) is 0 Å². The summed E-state index contributed by atoms with van der Waals surface area (Å²) in [5, 5.41) is 2.85. The van der Waals surface area contributed by atoms with Crippen LogP contribution in [-0.4, -0.2) is 41.5 Å².